The van der Waals surface area contributed by atoms with Crippen LogP contribution in [-0.4, -0.2) is 44.8 Å². The number of carboxylic acid groups (broad SMARTS) is 1. The standard InChI is InChI=1S/C21H18N2O3.C9H15NO4.H2/c1-3-21(2)15-9-17-18-13(8-12-6-4-5-7-16(12)22-18)10-23(17)19(24)14(15)11-26-20(21)25;1-2-7(11)4-3-5-8(12)10-6-9(13)14;/h4-9H,3,10-11H2,1-2H3;2-6H2,1H3,(H,10,12)(H,13,14);1H/t21-;;/m1../s1. The molecular weight excluding hydrogens is 514 g/mol. The average Bonchev–Trinajstić information content (AvgIpc) is 3.31. The Kier molecular flexibility index (Phi) is 8.46. The lowest BCUT2D eigenvalue weighted by Gasteiger charge is -2.33. The molecule has 1 aromatic carbocycles. The summed E-state index contributed by atoms with van der Waals surface area (Å²) in [5, 5.41) is 11.5. The number of ketones is 1. The number of carboxylic acids is 1. The quantitative estimate of drug-likeness (QED) is 0.316. The van der Waals surface area contributed by atoms with Crippen molar-refractivity contribution in [1.82, 2.24) is 14.9 Å². The molecule has 4 heterocycles. The van der Waals surface area contributed by atoms with Crippen LogP contribution in [0.1, 0.15) is 71.0 Å². The number of amides is 1. The largest absolute Gasteiger partial charge is 0.480 e. The highest BCUT2D eigenvalue weighted by molar-refractivity contribution is 5.87. The van der Waals surface area contributed by atoms with Crippen molar-refractivity contribution in [2.75, 3.05) is 6.54 Å². The first kappa shape index (κ1) is 28.7. The molecule has 0 aliphatic carbocycles. The average molecular weight is 550 g/mol. The number of cyclic esters (lactones) is 1. The van der Waals surface area contributed by atoms with Gasteiger partial charge in [0.15, 0.2) is 0 Å². The van der Waals surface area contributed by atoms with Gasteiger partial charge in [0.25, 0.3) is 5.56 Å². The van der Waals surface area contributed by atoms with Crippen LogP contribution in [0, 0.1) is 0 Å². The molecule has 0 radical (unpaired) electrons. The van der Waals surface area contributed by atoms with Gasteiger partial charge in [0, 0.05) is 31.6 Å². The maximum absolute atomic E-state index is 13.1. The van der Waals surface area contributed by atoms with Gasteiger partial charge in [-0.1, -0.05) is 32.0 Å². The van der Waals surface area contributed by atoms with Crippen molar-refractivity contribution in [3.63, 3.8) is 0 Å². The van der Waals surface area contributed by atoms with Crippen LogP contribution in [0.25, 0.3) is 22.3 Å². The molecular formula is C30H35N3O7. The van der Waals surface area contributed by atoms with Gasteiger partial charge in [-0.3, -0.25) is 24.0 Å². The van der Waals surface area contributed by atoms with E-state index in [2.05, 4.69) is 11.4 Å². The zero-order chi connectivity index (χ0) is 29.0. The van der Waals surface area contributed by atoms with Gasteiger partial charge < -0.3 is 19.7 Å². The molecule has 2 N–H and O–H groups in total. The van der Waals surface area contributed by atoms with Crippen LogP contribution in [0.5, 0.6) is 0 Å². The molecule has 3 aromatic rings. The predicted molar refractivity (Wildman–Crippen MR) is 150 cm³/mol. The molecule has 0 bridgehead atoms. The van der Waals surface area contributed by atoms with Crippen LogP contribution in [-0.2, 0) is 42.5 Å². The number of hydrogen-bond donors (Lipinski definition) is 2. The first-order chi connectivity index (χ1) is 19.1. The van der Waals surface area contributed by atoms with Crippen molar-refractivity contribution in [3.05, 3.63) is 63.4 Å². The van der Waals surface area contributed by atoms with Crippen molar-refractivity contribution in [1.29, 1.82) is 0 Å². The Morgan fingerprint density at radius 1 is 1.15 bits per heavy atom. The fourth-order valence-corrected chi connectivity index (χ4v) is 4.97. The Morgan fingerprint density at radius 3 is 2.60 bits per heavy atom. The van der Waals surface area contributed by atoms with Crippen molar-refractivity contribution < 1.29 is 30.4 Å². The van der Waals surface area contributed by atoms with Crippen molar-refractivity contribution in [3.8, 4) is 11.4 Å². The molecule has 10 heteroatoms. The number of carbonyl (C=O) groups is 4. The van der Waals surface area contributed by atoms with Gasteiger partial charge in [-0.15, -0.1) is 0 Å². The Morgan fingerprint density at radius 2 is 1.90 bits per heavy atom. The van der Waals surface area contributed by atoms with Gasteiger partial charge >= 0.3 is 11.9 Å². The second-order valence-electron chi connectivity index (χ2n) is 10.2. The van der Waals surface area contributed by atoms with E-state index >= 15 is 0 Å². The lowest BCUT2D eigenvalue weighted by atomic mass is 9.76. The maximum atomic E-state index is 13.1. The number of para-hydroxylation sites is 1. The second-order valence-corrected chi connectivity index (χ2v) is 10.2. The summed E-state index contributed by atoms with van der Waals surface area (Å²) in [4.78, 5) is 62.1. The van der Waals surface area contributed by atoms with E-state index in [1.807, 2.05) is 44.2 Å². The molecule has 0 spiro atoms. The molecule has 2 aromatic heterocycles. The fraction of sp³-hybridized carbons (Fsp3) is 0.400. The monoisotopic (exact) mass is 549 g/mol. The van der Waals surface area contributed by atoms with E-state index in [0.717, 1.165) is 33.4 Å². The van der Waals surface area contributed by atoms with Gasteiger partial charge in [-0.2, -0.15) is 0 Å². The summed E-state index contributed by atoms with van der Waals surface area (Å²) in [5.41, 5.74) is 4.08. The summed E-state index contributed by atoms with van der Waals surface area (Å²) in [6, 6.07) is 12.0. The third-order valence-electron chi connectivity index (χ3n) is 7.56. The molecule has 0 saturated heterocycles. The summed E-state index contributed by atoms with van der Waals surface area (Å²) in [6.07, 6.45) is 2.14. The van der Waals surface area contributed by atoms with E-state index in [9.17, 15) is 24.0 Å². The zero-order valence-electron chi connectivity index (χ0n) is 22.9. The highest BCUT2D eigenvalue weighted by Gasteiger charge is 2.43. The van der Waals surface area contributed by atoms with Crippen LogP contribution in [0.2, 0.25) is 0 Å². The number of esters is 1. The lowest BCUT2D eigenvalue weighted by molar-refractivity contribution is -0.153. The normalized spacial score (nSPS) is 16.6. The van der Waals surface area contributed by atoms with Crippen molar-refractivity contribution >= 4 is 34.5 Å². The minimum atomic E-state index is -1.07. The molecule has 1 amide bonds. The number of aromatic nitrogens is 2. The molecule has 40 heavy (non-hydrogen) atoms. The van der Waals surface area contributed by atoms with Gasteiger partial charge in [-0.25, -0.2) is 4.98 Å². The van der Waals surface area contributed by atoms with Crippen molar-refractivity contribution in [2.24, 2.45) is 0 Å². The van der Waals surface area contributed by atoms with E-state index in [1.165, 1.54) is 0 Å². The van der Waals surface area contributed by atoms with Gasteiger partial charge in [-0.05, 0) is 43.5 Å². The highest BCUT2D eigenvalue weighted by atomic mass is 16.5. The Hall–Kier alpha value is -4.34. The fourth-order valence-electron chi connectivity index (χ4n) is 4.97. The number of nitrogens with one attached hydrogen (secondary N) is 1. The van der Waals surface area contributed by atoms with Gasteiger partial charge in [0.05, 0.1) is 34.4 Å². The molecule has 0 fully saturated rings. The third-order valence-corrected chi connectivity index (χ3v) is 7.56. The van der Waals surface area contributed by atoms with Gasteiger partial charge in [0.2, 0.25) is 5.91 Å². The lowest BCUT2D eigenvalue weighted by Crippen LogP contribution is -2.42. The van der Waals surface area contributed by atoms with Crippen LogP contribution in [0.3, 0.4) is 0 Å². The summed E-state index contributed by atoms with van der Waals surface area (Å²) < 4.78 is 7.08. The van der Waals surface area contributed by atoms with E-state index in [-0.39, 0.29) is 44.2 Å². The van der Waals surface area contributed by atoms with Crippen LogP contribution in [0.4, 0.5) is 0 Å². The molecule has 10 nitrogen and oxygen atoms in total. The summed E-state index contributed by atoms with van der Waals surface area (Å²) in [6.45, 7) is 5.77. The van der Waals surface area contributed by atoms with E-state index in [1.54, 1.807) is 11.5 Å². The highest BCUT2D eigenvalue weighted by Crippen LogP contribution is 2.39. The number of hydrogen-bond acceptors (Lipinski definition) is 7. The Bertz CT molecular complexity index is 1570. The second kappa shape index (κ2) is 11.8. The van der Waals surface area contributed by atoms with Crippen LogP contribution >= 0.6 is 0 Å². The topological polar surface area (TPSA) is 145 Å². The number of nitrogens with zero attached hydrogens (tertiary/aromatic N) is 2. The summed E-state index contributed by atoms with van der Waals surface area (Å²) in [5.74, 6) is -1.53. The number of ether oxygens (including phenoxy) is 1. The van der Waals surface area contributed by atoms with Gasteiger partial charge in [0.1, 0.15) is 18.9 Å². The summed E-state index contributed by atoms with van der Waals surface area (Å²) in [7, 11) is 0. The molecule has 212 valence electrons. The zero-order valence-corrected chi connectivity index (χ0v) is 22.9. The van der Waals surface area contributed by atoms with E-state index in [4.69, 9.17) is 14.8 Å². The van der Waals surface area contributed by atoms with E-state index in [0.29, 0.717) is 37.8 Å². The smallest absolute Gasteiger partial charge is 0.322 e. The minimum absolute atomic E-state index is 0. The minimum Gasteiger partial charge on any atom is -0.480 e. The summed E-state index contributed by atoms with van der Waals surface area (Å²) >= 11 is 0. The first-order valence-electron chi connectivity index (χ1n) is 13.4. The molecule has 2 aliphatic rings. The number of fused-ring (bicyclic) bond motifs is 5. The molecule has 0 unspecified atom stereocenters. The SMILES string of the molecule is CCC(=O)CCCC(=O)NCC(=O)O.CC[C@@]1(C)C(=O)OCc2c1cc1n(c2=O)Cc2cc3ccccc3nc2-1.[HH]. The van der Waals surface area contributed by atoms with Crippen LogP contribution < -0.4 is 10.9 Å². The van der Waals surface area contributed by atoms with E-state index < -0.39 is 11.4 Å². The molecule has 2 aliphatic heterocycles. The number of pyridine rings is 2. The number of aliphatic carboxylic acids is 1. The molecule has 1 atom stereocenters. The Labute approximate surface area is 232 Å². The number of carbonyl (C=O) groups excluding carboxylic acids is 3. The number of rotatable bonds is 8. The number of Topliss-reactive ketones (excluding diaryl/α,β-unsaturated/α-hetero) is 1. The predicted octanol–water partition coefficient (Wildman–Crippen LogP) is 3.73. The molecule has 0 saturated carbocycles. The Balaban J connectivity index is 0.000000267. The molecule has 5 rings (SSSR count). The van der Waals surface area contributed by atoms with Crippen LogP contribution in [0.15, 0.2) is 41.2 Å². The third kappa shape index (κ3) is 5.66. The van der Waals surface area contributed by atoms with Crippen molar-refractivity contribution in [2.45, 2.75) is 71.4 Å². The number of benzene rings is 1. The maximum Gasteiger partial charge on any atom is 0.322 e. The first-order valence-corrected chi connectivity index (χ1v) is 13.4.